The van der Waals surface area contributed by atoms with Gasteiger partial charge in [0, 0.05) is 45.7 Å². The minimum absolute atomic E-state index is 0.169. The van der Waals surface area contributed by atoms with Gasteiger partial charge in [0.15, 0.2) is 5.60 Å². The van der Waals surface area contributed by atoms with Crippen molar-refractivity contribution in [2.45, 2.75) is 37.8 Å². The number of aromatic amines is 1. The summed E-state index contributed by atoms with van der Waals surface area (Å²) in [7, 11) is 0. The number of aromatic nitrogens is 1. The third kappa shape index (κ3) is 5.02. The van der Waals surface area contributed by atoms with E-state index < -0.39 is 17.7 Å². The van der Waals surface area contributed by atoms with Crippen molar-refractivity contribution < 1.29 is 19.1 Å². The number of aryl methyl sites for hydroxylation is 1. The molecule has 0 saturated carbocycles. The van der Waals surface area contributed by atoms with Gasteiger partial charge in [0.25, 0.3) is 5.91 Å². The SMILES string of the molecule is Cc1cc2cc(C(=O)N[C@@H](Cc3ccccc3)C(=O)N3CCCC4(C3)OC(=O)Nc3ccc(Cl)cc34)ccc2[nH]1. The first-order valence-corrected chi connectivity index (χ1v) is 13.7. The number of anilines is 1. The molecule has 1 unspecified atom stereocenters. The van der Waals surface area contributed by atoms with Gasteiger partial charge in [-0.1, -0.05) is 41.9 Å². The Morgan fingerprint density at radius 3 is 2.75 bits per heavy atom. The second kappa shape index (κ2) is 10.4. The fraction of sp³-hybridized carbons (Fsp3) is 0.258. The van der Waals surface area contributed by atoms with Crippen molar-refractivity contribution in [2.75, 3.05) is 18.4 Å². The van der Waals surface area contributed by atoms with Gasteiger partial charge < -0.3 is 19.9 Å². The van der Waals surface area contributed by atoms with Gasteiger partial charge in [0.2, 0.25) is 5.91 Å². The van der Waals surface area contributed by atoms with E-state index in [0.717, 1.165) is 27.7 Å². The van der Waals surface area contributed by atoms with Crippen molar-refractivity contribution in [3.8, 4) is 0 Å². The predicted octanol–water partition coefficient (Wildman–Crippen LogP) is 5.55. The Balaban J connectivity index is 1.29. The Hall–Kier alpha value is -4.30. The lowest BCUT2D eigenvalue weighted by Gasteiger charge is -2.45. The topological polar surface area (TPSA) is 104 Å². The van der Waals surface area contributed by atoms with Crippen molar-refractivity contribution in [3.63, 3.8) is 0 Å². The average molecular weight is 557 g/mol. The number of hydrogen-bond acceptors (Lipinski definition) is 4. The summed E-state index contributed by atoms with van der Waals surface area (Å²) in [6.07, 6.45) is 0.947. The maximum absolute atomic E-state index is 14.1. The number of fused-ring (bicyclic) bond motifs is 3. The number of amides is 3. The molecular weight excluding hydrogens is 528 g/mol. The predicted molar refractivity (Wildman–Crippen MR) is 153 cm³/mol. The van der Waals surface area contributed by atoms with Gasteiger partial charge in [-0.2, -0.15) is 0 Å². The normalized spacial score (nSPS) is 19.1. The zero-order chi connectivity index (χ0) is 27.9. The van der Waals surface area contributed by atoms with Crippen LogP contribution in [0.3, 0.4) is 0 Å². The highest BCUT2D eigenvalue weighted by molar-refractivity contribution is 6.30. The van der Waals surface area contributed by atoms with E-state index in [1.807, 2.05) is 55.5 Å². The minimum Gasteiger partial charge on any atom is -0.436 e. The number of carbonyl (C=O) groups excluding carboxylic acids is 3. The Bertz CT molecular complexity index is 1620. The third-order valence-electron chi connectivity index (χ3n) is 7.67. The van der Waals surface area contributed by atoms with Crippen LogP contribution in [0.5, 0.6) is 0 Å². The summed E-state index contributed by atoms with van der Waals surface area (Å²) < 4.78 is 5.88. The van der Waals surface area contributed by atoms with Crippen molar-refractivity contribution in [1.29, 1.82) is 0 Å². The van der Waals surface area contributed by atoms with Crippen LogP contribution in [0.15, 0.2) is 72.8 Å². The highest BCUT2D eigenvalue weighted by atomic mass is 35.5. The molecule has 1 saturated heterocycles. The second-order valence-corrected chi connectivity index (χ2v) is 11.0. The van der Waals surface area contributed by atoms with Gasteiger partial charge in [0.05, 0.1) is 12.2 Å². The smallest absolute Gasteiger partial charge is 0.412 e. The van der Waals surface area contributed by atoms with Crippen LogP contribution in [0.4, 0.5) is 10.5 Å². The summed E-state index contributed by atoms with van der Waals surface area (Å²) in [4.78, 5) is 45.0. The summed E-state index contributed by atoms with van der Waals surface area (Å²) in [5, 5.41) is 7.18. The van der Waals surface area contributed by atoms with Gasteiger partial charge in [-0.15, -0.1) is 0 Å². The van der Waals surface area contributed by atoms with Gasteiger partial charge in [0.1, 0.15) is 6.04 Å². The van der Waals surface area contributed by atoms with Crippen molar-refractivity contribution in [2.24, 2.45) is 0 Å². The summed E-state index contributed by atoms with van der Waals surface area (Å²) in [6.45, 7) is 2.62. The molecule has 2 aliphatic rings. The molecule has 204 valence electrons. The monoisotopic (exact) mass is 556 g/mol. The van der Waals surface area contributed by atoms with Crippen LogP contribution in [0.25, 0.3) is 10.9 Å². The molecule has 0 radical (unpaired) electrons. The Labute approximate surface area is 236 Å². The van der Waals surface area contributed by atoms with Gasteiger partial charge in [-0.05, 0) is 67.8 Å². The van der Waals surface area contributed by atoms with E-state index in [9.17, 15) is 14.4 Å². The molecule has 1 fully saturated rings. The zero-order valence-corrected chi connectivity index (χ0v) is 22.8. The van der Waals surface area contributed by atoms with E-state index in [4.69, 9.17) is 16.3 Å². The number of benzene rings is 3. The van der Waals surface area contributed by atoms with Crippen LogP contribution in [0, 0.1) is 6.92 Å². The van der Waals surface area contributed by atoms with Crippen LogP contribution in [-0.2, 0) is 21.6 Å². The number of hydrogen-bond donors (Lipinski definition) is 3. The molecule has 4 aromatic rings. The molecule has 40 heavy (non-hydrogen) atoms. The molecule has 1 spiro atoms. The van der Waals surface area contributed by atoms with E-state index in [2.05, 4.69) is 15.6 Å². The first-order valence-electron chi connectivity index (χ1n) is 13.3. The van der Waals surface area contributed by atoms with Gasteiger partial charge >= 0.3 is 6.09 Å². The molecule has 9 heteroatoms. The summed E-state index contributed by atoms with van der Waals surface area (Å²) in [6, 6.07) is 21.5. The van der Waals surface area contributed by atoms with Crippen LogP contribution in [0.2, 0.25) is 5.02 Å². The maximum atomic E-state index is 14.1. The lowest BCUT2D eigenvalue weighted by Crippen LogP contribution is -2.57. The number of nitrogens with zero attached hydrogens (tertiary/aromatic N) is 1. The number of H-pyrrole nitrogens is 1. The van der Waals surface area contributed by atoms with Crippen LogP contribution >= 0.6 is 11.6 Å². The molecule has 3 heterocycles. The largest absolute Gasteiger partial charge is 0.436 e. The first-order chi connectivity index (χ1) is 19.3. The number of likely N-dealkylation sites (tertiary alicyclic amines) is 1. The Kier molecular flexibility index (Phi) is 6.72. The molecular formula is C31H29ClN4O4. The van der Waals surface area contributed by atoms with Crippen molar-refractivity contribution in [1.82, 2.24) is 15.2 Å². The van der Waals surface area contributed by atoms with E-state index in [0.29, 0.717) is 42.1 Å². The summed E-state index contributed by atoms with van der Waals surface area (Å²) in [5.41, 5.74) is 3.70. The van der Waals surface area contributed by atoms with Crippen molar-refractivity contribution >= 4 is 46.1 Å². The van der Waals surface area contributed by atoms with E-state index in [1.165, 1.54) is 0 Å². The third-order valence-corrected chi connectivity index (χ3v) is 7.90. The molecule has 6 rings (SSSR count). The maximum Gasteiger partial charge on any atom is 0.412 e. The fourth-order valence-electron chi connectivity index (χ4n) is 5.81. The first kappa shape index (κ1) is 26.0. The Morgan fingerprint density at radius 1 is 1.10 bits per heavy atom. The molecule has 0 bridgehead atoms. The van der Waals surface area contributed by atoms with E-state index in [-0.39, 0.29) is 18.4 Å². The lowest BCUT2D eigenvalue weighted by molar-refractivity contribution is -0.141. The number of piperidine rings is 1. The number of halogens is 1. The number of carbonyl (C=O) groups is 3. The van der Waals surface area contributed by atoms with Crippen molar-refractivity contribution in [3.05, 3.63) is 100 Å². The number of ether oxygens (including phenoxy) is 1. The van der Waals surface area contributed by atoms with E-state index >= 15 is 0 Å². The molecule has 8 nitrogen and oxygen atoms in total. The molecule has 3 aromatic carbocycles. The van der Waals surface area contributed by atoms with Crippen LogP contribution in [-0.4, -0.2) is 46.9 Å². The summed E-state index contributed by atoms with van der Waals surface area (Å²) >= 11 is 6.31. The standard InChI is InChI=1S/C31H29ClN4O4/c1-19-14-22-16-21(8-10-25(22)33-19)28(37)34-27(15-20-6-3-2-4-7-20)29(38)36-13-5-12-31(18-36)24-17-23(32)9-11-26(24)35-30(39)40-31/h2-4,6-11,14,16-17,27,33H,5,12-13,15,18H2,1H3,(H,34,37)(H,35,39)/t27-,31?/m0/s1. The molecule has 3 N–H and O–H groups in total. The second-order valence-electron chi connectivity index (χ2n) is 10.5. The van der Waals surface area contributed by atoms with E-state index in [1.54, 1.807) is 29.2 Å². The highest BCUT2D eigenvalue weighted by Gasteiger charge is 2.47. The van der Waals surface area contributed by atoms with Crippen LogP contribution in [0.1, 0.15) is 40.0 Å². The van der Waals surface area contributed by atoms with Gasteiger partial charge in [-0.25, -0.2) is 4.79 Å². The average Bonchev–Trinajstić information content (AvgIpc) is 3.32. The molecule has 2 aliphatic heterocycles. The molecule has 2 atom stereocenters. The highest BCUT2D eigenvalue weighted by Crippen LogP contribution is 2.43. The Morgan fingerprint density at radius 2 is 1.93 bits per heavy atom. The molecule has 3 amide bonds. The number of nitrogens with one attached hydrogen (secondary N) is 3. The summed E-state index contributed by atoms with van der Waals surface area (Å²) in [5.74, 6) is -0.555. The lowest BCUT2D eigenvalue weighted by atomic mass is 9.83. The van der Waals surface area contributed by atoms with Gasteiger partial charge in [-0.3, -0.25) is 14.9 Å². The quantitative estimate of drug-likeness (QED) is 0.300. The van der Waals surface area contributed by atoms with Crippen LogP contribution < -0.4 is 10.6 Å². The molecule has 0 aliphatic carbocycles. The number of rotatable bonds is 5. The fourth-order valence-corrected chi connectivity index (χ4v) is 5.99. The zero-order valence-electron chi connectivity index (χ0n) is 22.0. The molecule has 1 aromatic heterocycles. The minimum atomic E-state index is -1.02.